The molecule has 0 amide bonds. The van der Waals surface area contributed by atoms with Crippen molar-refractivity contribution in [3.05, 3.63) is 18.0 Å². The summed E-state index contributed by atoms with van der Waals surface area (Å²) < 4.78 is 4.97. The Kier molecular flexibility index (Phi) is 4.90. The number of nitrogens with zero attached hydrogens (tertiary/aromatic N) is 3. The quantitative estimate of drug-likeness (QED) is 0.699. The second-order valence-corrected chi connectivity index (χ2v) is 4.88. The molecular formula is C13H22N4O. The van der Waals surface area contributed by atoms with Crippen molar-refractivity contribution in [2.75, 3.05) is 38.8 Å². The molecule has 0 bridgehead atoms. The Morgan fingerprint density at radius 2 is 2.11 bits per heavy atom. The molecule has 1 fully saturated rings. The average Bonchev–Trinajstić information content (AvgIpc) is 3.19. The number of ether oxygens (including phenoxy) is 1. The zero-order chi connectivity index (χ0) is 12.8. The van der Waals surface area contributed by atoms with Crippen LogP contribution < -0.4 is 10.2 Å². The van der Waals surface area contributed by atoms with Gasteiger partial charge in [-0.1, -0.05) is 0 Å². The SMILES string of the molecule is COCCNCc1cnc(N(C)CC2CC2)nc1. The van der Waals surface area contributed by atoms with Crippen LogP contribution in [0.3, 0.4) is 0 Å². The van der Waals surface area contributed by atoms with Crippen molar-refractivity contribution in [1.29, 1.82) is 0 Å². The lowest BCUT2D eigenvalue weighted by molar-refractivity contribution is 0.199. The molecular weight excluding hydrogens is 228 g/mol. The number of aromatic nitrogens is 2. The normalized spacial score (nSPS) is 14.8. The lowest BCUT2D eigenvalue weighted by Crippen LogP contribution is -2.23. The molecule has 5 nitrogen and oxygen atoms in total. The summed E-state index contributed by atoms with van der Waals surface area (Å²) in [6, 6.07) is 0. The Morgan fingerprint density at radius 1 is 1.39 bits per heavy atom. The van der Waals surface area contributed by atoms with Crippen LogP contribution in [0.5, 0.6) is 0 Å². The number of nitrogens with one attached hydrogen (secondary N) is 1. The molecule has 100 valence electrons. The van der Waals surface area contributed by atoms with Gasteiger partial charge in [-0.2, -0.15) is 0 Å². The molecule has 1 aliphatic carbocycles. The van der Waals surface area contributed by atoms with Gasteiger partial charge >= 0.3 is 0 Å². The first-order chi connectivity index (χ1) is 8.79. The van der Waals surface area contributed by atoms with E-state index in [1.165, 1.54) is 12.8 Å². The molecule has 0 atom stereocenters. The Balaban J connectivity index is 1.76. The Bertz CT molecular complexity index is 351. The summed E-state index contributed by atoms with van der Waals surface area (Å²) in [6.07, 6.45) is 6.49. The fourth-order valence-electron chi connectivity index (χ4n) is 1.81. The topological polar surface area (TPSA) is 50.3 Å². The molecule has 0 saturated heterocycles. The number of methoxy groups -OCH3 is 1. The van der Waals surface area contributed by atoms with Gasteiger partial charge in [0.1, 0.15) is 0 Å². The molecule has 1 saturated carbocycles. The largest absolute Gasteiger partial charge is 0.383 e. The molecule has 1 aromatic rings. The third-order valence-electron chi connectivity index (χ3n) is 3.07. The molecule has 1 aliphatic rings. The van der Waals surface area contributed by atoms with E-state index in [1.54, 1.807) is 7.11 Å². The maximum Gasteiger partial charge on any atom is 0.225 e. The van der Waals surface area contributed by atoms with Crippen LogP contribution in [0.25, 0.3) is 0 Å². The van der Waals surface area contributed by atoms with Crippen LogP contribution in [-0.2, 0) is 11.3 Å². The predicted molar refractivity (Wildman–Crippen MR) is 71.6 cm³/mol. The van der Waals surface area contributed by atoms with E-state index in [-0.39, 0.29) is 0 Å². The predicted octanol–water partition coefficient (Wildman–Crippen LogP) is 1.06. The highest BCUT2D eigenvalue weighted by Crippen LogP contribution is 2.29. The van der Waals surface area contributed by atoms with Crippen LogP contribution >= 0.6 is 0 Å². The van der Waals surface area contributed by atoms with Crippen molar-refractivity contribution in [2.45, 2.75) is 19.4 Å². The van der Waals surface area contributed by atoms with Gasteiger partial charge in [0.25, 0.3) is 0 Å². The zero-order valence-corrected chi connectivity index (χ0v) is 11.2. The van der Waals surface area contributed by atoms with E-state index in [4.69, 9.17) is 4.74 Å². The summed E-state index contributed by atoms with van der Waals surface area (Å²) in [7, 11) is 3.76. The standard InChI is InChI=1S/C13H22N4O/c1-17(10-11-3-4-11)13-15-8-12(9-16-13)7-14-5-6-18-2/h8-9,11,14H,3-7,10H2,1-2H3. The van der Waals surface area contributed by atoms with E-state index in [0.717, 1.165) is 43.7 Å². The first-order valence-electron chi connectivity index (χ1n) is 6.51. The van der Waals surface area contributed by atoms with E-state index in [0.29, 0.717) is 0 Å². The van der Waals surface area contributed by atoms with Crippen LogP contribution in [0.2, 0.25) is 0 Å². The minimum Gasteiger partial charge on any atom is -0.383 e. The minimum absolute atomic E-state index is 0.725. The second kappa shape index (κ2) is 6.66. The van der Waals surface area contributed by atoms with E-state index in [2.05, 4.69) is 27.2 Å². The molecule has 0 unspecified atom stereocenters. The molecule has 18 heavy (non-hydrogen) atoms. The van der Waals surface area contributed by atoms with Crippen LogP contribution in [-0.4, -0.2) is 43.8 Å². The molecule has 1 aromatic heterocycles. The van der Waals surface area contributed by atoms with Gasteiger partial charge in [-0.15, -0.1) is 0 Å². The zero-order valence-electron chi connectivity index (χ0n) is 11.2. The minimum atomic E-state index is 0.725. The van der Waals surface area contributed by atoms with Crippen LogP contribution in [0.4, 0.5) is 5.95 Å². The fraction of sp³-hybridized carbons (Fsp3) is 0.692. The van der Waals surface area contributed by atoms with Crippen molar-refractivity contribution >= 4 is 5.95 Å². The summed E-state index contributed by atoms with van der Waals surface area (Å²) >= 11 is 0. The van der Waals surface area contributed by atoms with Gasteiger partial charge in [0.05, 0.1) is 6.61 Å². The Morgan fingerprint density at radius 3 is 2.72 bits per heavy atom. The molecule has 0 spiro atoms. The van der Waals surface area contributed by atoms with Gasteiger partial charge in [-0.3, -0.25) is 0 Å². The first-order valence-corrected chi connectivity index (χ1v) is 6.51. The monoisotopic (exact) mass is 250 g/mol. The van der Waals surface area contributed by atoms with Crippen molar-refractivity contribution in [1.82, 2.24) is 15.3 Å². The van der Waals surface area contributed by atoms with E-state index in [9.17, 15) is 0 Å². The molecule has 0 aromatic carbocycles. The highest BCUT2D eigenvalue weighted by Gasteiger charge is 2.23. The van der Waals surface area contributed by atoms with Crippen molar-refractivity contribution in [3.63, 3.8) is 0 Å². The van der Waals surface area contributed by atoms with E-state index >= 15 is 0 Å². The summed E-state index contributed by atoms with van der Waals surface area (Å²) in [5.41, 5.74) is 1.11. The fourth-order valence-corrected chi connectivity index (χ4v) is 1.81. The van der Waals surface area contributed by atoms with Gasteiger partial charge in [0, 0.05) is 51.7 Å². The molecule has 1 heterocycles. The summed E-state index contributed by atoms with van der Waals surface area (Å²) in [5, 5.41) is 3.27. The average molecular weight is 250 g/mol. The summed E-state index contributed by atoms with van der Waals surface area (Å²) in [6.45, 7) is 3.43. The second-order valence-electron chi connectivity index (χ2n) is 4.88. The third-order valence-corrected chi connectivity index (χ3v) is 3.07. The molecule has 5 heteroatoms. The summed E-state index contributed by atoms with van der Waals surface area (Å²) in [5.74, 6) is 1.68. The van der Waals surface area contributed by atoms with E-state index in [1.807, 2.05) is 12.4 Å². The maximum absolute atomic E-state index is 4.97. The van der Waals surface area contributed by atoms with Crippen molar-refractivity contribution < 1.29 is 4.74 Å². The first kappa shape index (κ1) is 13.2. The molecule has 1 N–H and O–H groups in total. The Hall–Kier alpha value is -1.20. The number of anilines is 1. The van der Waals surface area contributed by atoms with Gasteiger partial charge < -0.3 is 15.0 Å². The van der Waals surface area contributed by atoms with Crippen molar-refractivity contribution in [2.24, 2.45) is 5.92 Å². The lowest BCUT2D eigenvalue weighted by atomic mass is 10.3. The van der Waals surface area contributed by atoms with Crippen LogP contribution in [0, 0.1) is 5.92 Å². The molecule has 2 rings (SSSR count). The molecule has 0 aliphatic heterocycles. The smallest absolute Gasteiger partial charge is 0.225 e. The third kappa shape index (κ3) is 4.23. The number of hydrogen-bond donors (Lipinski definition) is 1. The van der Waals surface area contributed by atoms with Gasteiger partial charge in [0.2, 0.25) is 5.95 Å². The highest BCUT2D eigenvalue weighted by molar-refractivity contribution is 5.28. The molecule has 0 radical (unpaired) electrons. The number of hydrogen-bond acceptors (Lipinski definition) is 5. The highest BCUT2D eigenvalue weighted by atomic mass is 16.5. The number of rotatable bonds is 8. The van der Waals surface area contributed by atoms with Gasteiger partial charge in [0.15, 0.2) is 0 Å². The summed E-state index contributed by atoms with van der Waals surface area (Å²) in [4.78, 5) is 10.9. The maximum atomic E-state index is 4.97. The van der Waals surface area contributed by atoms with Crippen molar-refractivity contribution in [3.8, 4) is 0 Å². The van der Waals surface area contributed by atoms with Gasteiger partial charge in [-0.25, -0.2) is 9.97 Å². The van der Waals surface area contributed by atoms with Gasteiger partial charge in [-0.05, 0) is 18.8 Å². The lowest BCUT2D eigenvalue weighted by Gasteiger charge is -2.16. The van der Waals surface area contributed by atoms with Crippen LogP contribution in [0.15, 0.2) is 12.4 Å². The Labute approximate surface area is 109 Å². The van der Waals surface area contributed by atoms with Crippen LogP contribution in [0.1, 0.15) is 18.4 Å². The van der Waals surface area contributed by atoms with E-state index < -0.39 is 0 Å².